The Kier molecular flexibility index (Phi) is 7.22. The van der Waals surface area contributed by atoms with E-state index >= 15 is 0 Å². The Balaban J connectivity index is 1.54. The molecule has 0 atom stereocenters. The smallest absolute Gasteiger partial charge is 0.272 e. The highest BCUT2D eigenvalue weighted by Crippen LogP contribution is 2.24. The second-order valence-electron chi connectivity index (χ2n) is 9.12. The lowest BCUT2D eigenvalue weighted by atomic mass is 10.1. The van der Waals surface area contributed by atoms with E-state index in [1.54, 1.807) is 22.9 Å². The van der Waals surface area contributed by atoms with Crippen LogP contribution in [-0.2, 0) is 13.0 Å². The maximum absolute atomic E-state index is 14.2. The van der Waals surface area contributed by atoms with Crippen LogP contribution in [0.15, 0.2) is 115 Å². The van der Waals surface area contributed by atoms with E-state index in [4.69, 9.17) is 5.10 Å². The summed E-state index contributed by atoms with van der Waals surface area (Å²) in [6, 6.07) is 36.1. The van der Waals surface area contributed by atoms with Gasteiger partial charge in [-0.1, -0.05) is 72.8 Å². The van der Waals surface area contributed by atoms with Gasteiger partial charge in [-0.25, -0.2) is 9.07 Å². The fraction of sp³-hybridized carbons (Fsp3) is 0.125. The van der Waals surface area contributed by atoms with Crippen LogP contribution in [0.5, 0.6) is 0 Å². The van der Waals surface area contributed by atoms with Gasteiger partial charge in [-0.05, 0) is 72.5 Å². The number of hydrogen-bond acceptors (Lipinski definition) is 2. The second kappa shape index (κ2) is 11.0. The topological polar surface area (TPSA) is 38.1 Å². The van der Waals surface area contributed by atoms with Crippen LogP contribution in [0, 0.1) is 12.7 Å². The molecule has 0 bridgehead atoms. The monoisotopic (exact) mass is 489 g/mol. The fourth-order valence-corrected chi connectivity index (χ4v) is 4.38. The van der Waals surface area contributed by atoms with Crippen molar-refractivity contribution in [1.82, 2.24) is 14.7 Å². The summed E-state index contributed by atoms with van der Waals surface area (Å²) in [7, 11) is 0. The normalized spacial score (nSPS) is 10.9. The van der Waals surface area contributed by atoms with E-state index < -0.39 is 0 Å². The number of amides is 1. The van der Waals surface area contributed by atoms with Crippen LogP contribution in [0.4, 0.5) is 4.39 Å². The molecule has 5 rings (SSSR count). The summed E-state index contributed by atoms with van der Waals surface area (Å²) in [5, 5.41) is 4.80. The largest absolute Gasteiger partial charge is 0.333 e. The molecule has 0 unspecified atom stereocenters. The van der Waals surface area contributed by atoms with Gasteiger partial charge in [0, 0.05) is 18.7 Å². The minimum Gasteiger partial charge on any atom is -0.333 e. The van der Waals surface area contributed by atoms with Crippen LogP contribution in [0.3, 0.4) is 0 Å². The Morgan fingerprint density at radius 3 is 2.16 bits per heavy atom. The molecule has 0 spiro atoms. The van der Waals surface area contributed by atoms with Crippen molar-refractivity contribution in [2.75, 3.05) is 6.54 Å². The number of carbonyl (C=O) groups is 1. The molecule has 0 aliphatic heterocycles. The molecule has 1 heterocycles. The lowest BCUT2D eigenvalue weighted by Crippen LogP contribution is -2.34. The van der Waals surface area contributed by atoms with Gasteiger partial charge in [-0.2, -0.15) is 5.10 Å². The third kappa shape index (κ3) is 5.84. The van der Waals surface area contributed by atoms with E-state index in [0.29, 0.717) is 24.5 Å². The first-order valence-corrected chi connectivity index (χ1v) is 12.4. The lowest BCUT2D eigenvalue weighted by molar-refractivity contribution is 0.0736. The third-order valence-corrected chi connectivity index (χ3v) is 6.33. The maximum Gasteiger partial charge on any atom is 0.272 e. The molecule has 4 nitrogen and oxygen atoms in total. The number of aromatic nitrogens is 2. The van der Waals surface area contributed by atoms with Gasteiger partial charge < -0.3 is 4.90 Å². The van der Waals surface area contributed by atoms with Crippen LogP contribution >= 0.6 is 0 Å². The maximum atomic E-state index is 14.2. The molecule has 1 amide bonds. The van der Waals surface area contributed by atoms with E-state index in [-0.39, 0.29) is 11.7 Å². The van der Waals surface area contributed by atoms with Crippen molar-refractivity contribution in [2.24, 2.45) is 0 Å². The highest BCUT2D eigenvalue weighted by atomic mass is 19.1. The first-order chi connectivity index (χ1) is 18.1. The summed E-state index contributed by atoms with van der Waals surface area (Å²) >= 11 is 0. The molecule has 0 saturated heterocycles. The Labute approximate surface area is 216 Å². The number of benzene rings is 4. The van der Waals surface area contributed by atoms with E-state index in [1.807, 2.05) is 84.6 Å². The fourth-order valence-electron chi connectivity index (χ4n) is 4.38. The average molecular weight is 490 g/mol. The molecule has 0 radical (unpaired) electrons. The van der Waals surface area contributed by atoms with Crippen LogP contribution in [0.25, 0.3) is 16.9 Å². The molecular formula is C32H28FN3O. The number of nitrogens with zero attached hydrogens (tertiary/aromatic N) is 3. The van der Waals surface area contributed by atoms with E-state index in [1.165, 1.54) is 17.7 Å². The van der Waals surface area contributed by atoms with Gasteiger partial charge in [0.05, 0.1) is 11.4 Å². The zero-order valence-electron chi connectivity index (χ0n) is 20.7. The summed E-state index contributed by atoms with van der Waals surface area (Å²) < 4.78 is 15.3. The number of halogens is 1. The van der Waals surface area contributed by atoms with Gasteiger partial charge in [-0.3, -0.25) is 4.79 Å². The first-order valence-electron chi connectivity index (χ1n) is 12.4. The quantitative estimate of drug-likeness (QED) is 0.238. The van der Waals surface area contributed by atoms with Gasteiger partial charge in [0.2, 0.25) is 0 Å². The summed E-state index contributed by atoms with van der Waals surface area (Å²) in [4.78, 5) is 16.0. The average Bonchev–Trinajstić information content (AvgIpc) is 3.38. The standard InChI is InChI=1S/C32H28FN3O/c1-24-9-8-14-29(21-24)36-31(22-30(34-36)27-15-17-28(33)18-16-27)32(37)35(23-26-12-6-3-7-13-26)20-19-25-10-4-2-5-11-25/h2-18,21-22H,19-20,23H2,1H3. The van der Waals surface area contributed by atoms with E-state index in [0.717, 1.165) is 28.8 Å². The molecule has 4 aromatic carbocycles. The van der Waals surface area contributed by atoms with Crippen molar-refractivity contribution in [2.45, 2.75) is 19.9 Å². The highest BCUT2D eigenvalue weighted by Gasteiger charge is 2.23. The Morgan fingerprint density at radius 2 is 1.49 bits per heavy atom. The van der Waals surface area contributed by atoms with E-state index in [2.05, 4.69) is 12.1 Å². The SMILES string of the molecule is Cc1cccc(-n2nc(-c3ccc(F)cc3)cc2C(=O)N(CCc2ccccc2)Cc2ccccc2)c1. The van der Waals surface area contributed by atoms with Crippen molar-refractivity contribution in [1.29, 1.82) is 0 Å². The Morgan fingerprint density at radius 1 is 0.811 bits per heavy atom. The molecule has 0 fully saturated rings. The molecule has 37 heavy (non-hydrogen) atoms. The van der Waals surface area contributed by atoms with Crippen molar-refractivity contribution in [3.8, 4) is 16.9 Å². The van der Waals surface area contributed by atoms with Crippen molar-refractivity contribution >= 4 is 5.91 Å². The summed E-state index contributed by atoms with van der Waals surface area (Å²) in [6.07, 6.45) is 0.739. The van der Waals surface area contributed by atoms with Crippen molar-refractivity contribution < 1.29 is 9.18 Å². The molecule has 0 N–H and O–H groups in total. The minimum atomic E-state index is -0.312. The Bertz CT molecular complexity index is 1480. The lowest BCUT2D eigenvalue weighted by Gasteiger charge is -2.23. The molecule has 0 aliphatic carbocycles. The molecule has 1 aromatic heterocycles. The molecule has 5 heteroatoms. The van der Waals surface area contributed by atoms with Crippen molar-refractivity contribution in [3.05, 3.63) is 143 Å². The van der Waals surface area contributed by atoms with Gasteiger partial charge in [0.25, 0.3) is 5.91 Å². The minimum absolute atomic E-state index is 0.109. The first kappa shape index (κ1) is 24.2. The zero-order chi connectivity index (χ0) is 25.6. The Hall–Kier alpha value is -4.51. The number of aryl methyl sites for hydroxylation is 1. The molecule has 184 valence electrons. The predicted octanol–water partition coefficient (Wildman–Crippen LogP) is 6.87. The highest BCUT2D eigenvalue weighted by molar-refractivity contribution is 5.94. The van der Waals surface area contributed by atoms with Gasteiger partial charge in [0.1, 0.15) is 11.5 Å². The summed E-state index contributed by atoms with van der Waals surface area (Å²) in [5.74, 6) is -0.421. The molecule has 0 saturated carbocycles. The zero-order valence-corrected chi connectivity index (χ0v) is 20.7. The molecule has 5 aromatic rings. The van der Waals surface area contributed by atoms with Crippen LogP contribution in [0.1, 0.15) is 27.2 Å². The second-order valence-corrected chi connectivity index (χ2v) is 9.12. The van der Waals surface area contributed by atoms with Gasteiger partial charge in [0.15, 0.2) is 0 Å². The van der Waals surface area contributed by atoms with Crippen LogP contribution in [-0.4, -0.2) is 27.1 Å². The van der Waals surface area contributed by atoms with E-state index in [9.17, 15) is 9.18 Å². The van der Waals surface area contributed by atoms with Crippen molar-refractivity contribution in [3.63, 3.8) is 0 Å². The summed E-state index contributed by atoms with van der Waals surface area (Å²) in [5.41, 5.74) is 5.94. The van der Waals surface area contributed by atoms with Crippen LogP contribution in [0.2, 0.25) is 0 Å². The molecule has 0 aliphatic rings. The predicted molar refractivity (Wildman–Crippen MR) is 145 cm³/mol. The van der Waals surface area contributed by atoms with Crippen LogP contribution < -0.4 is 0 Å². The third-order valence-electron chi connectivity index (χ3n) is 6.33. The number of carbonyl (C=O) groups excluding carboxylic acids is 1. The van der Waals surface area contributed by atoms with Gasteiger partial charge >= 0.3 is 0 Å². The van der Waals surface area contributed by atoms with Gasteiger partial charge in [-0.15, -0.1) is 0 Å². The molecular weight excluding hydrogens is 461 g/mol. The number of hydrogen-bond donors (Lipinski definition) is 0. The number of rotatable bonds is 8. The summed E-state index contributed by atoms with van der Waals surface area (Å²) in [6.45, 7) is 3.05.